The lowest BCUT2D eigenvalue weighted by atomic mass is 10.1. The van der Waals surface area contributed by atoms with Crippen molar-refractivity contribution in [2.75, 3.05) is 19.6 Å². The summed E-state index contributed by atoms with van der Waals surface area (Å²) in [5.41, 5.74) is 0.876. The van der Waals surface area contributed by atoms with Crippen molar-refractivity contribution in [3.05, 3.63) is 41.0 Å². The van der Waals surface area contributed by atoms with Gasteiger partial charge in [-0.3, -0.25) is 4.79 Å². The number of amides is 1. The van der Waals surface area contributed by atoms with E-state index in [4.69, 9.17) is 16.1 Å². The van der Waals surface area contributed by atoms with Gasteiger partial charge in [-0.25, -0.2) is 0 Å². The summed E-state index contributed by atoms with van der Waals surface area (Å²) >= 11 is 6.09. The quantitative estimate of drug-likeness (QED) is 0.775. The Kier molecular flexibility index (Phi) is 6.01. The number of hydrogen-bond acceptors (Lipinski definition) is 5. The Hall–Kier alpha value is -1.60. The number of benzene rings is 1. The second-order valence-electron chi connectivity index (χ2n) is 5.25. The third-order valence-corrected chi connectivity index (χ3v) is 4.04. The first-order valence-electron chi connectivity index (χ1n) is 7.04. The molecular weight excluding hydrogens is 341 g/mol. The highest BCUT2D eigenvalue weighted by Gasteiger charge is 2.25. The van der Waals surface area contributed by atoms with E-state index < -0.39 is 6.10 Å². The average molecular weight is 358 g/mol. The Morgan fingerprint density at radius 3 is 2.91 bits per heavy atom. The van der Waals surface area contributed by atoms with Crippen molar-refractivity contribution in [3.8, 4) is 11.3 Å². The lowest BCUT2D eigenvalue weighted by Gasteiger charge is -2.13. The van der Waals surface area contributed by atoms with Gasteiger partial charge in [0.2, 0.25) is 0 Å². The summed E-state index contributed by atoms with van der Waals surface area (Å²) in [6.07, 6.45) is -0.434. The van der Waals surface area contributed by atoms with E-state index in [-0.39, 0.29) is 29.9 Å². The normalized spacial score (nSPS) is 20.1. The van der Waals surface area contributed by atoms with Crippen molar-refractivity contribution in [1.29, 1.82) is 0 Å². The van der Waals surface area contributed by atoms with E-state index in [1.54, 1.807) is 18.2 Å². The van der Waals surface area contributed by atoms with Crippen molar-refractivity contribution in [2.45, 2.75) is 6.10 Å². The molecule has 8 heteroatoms. The Bertz CT molecular complexity index is 677. The number of hydrogen-bond donors (Lipinski definition) is 3. The average Bonchev–Trinajstić information content (AvgIpc) is 3.14. The maximum atomic E-state index is 12.1. The first-order chi connectivity index (χ1) is 10.6. The summed E-state index contributed by atoms with van der Waals surface area (Å²) in [5, 5.41) is 19.8. The van der Waals surface area contributed by atoms with E-state index >= 15 is 0 Å². The summed E-state index contributed by atoms with van der Waals surface area (Å²) in [7, 11) is 0. The van der Waals surface area contributed by atoms with Crippen LogP contribution in [0.1, 0.15) is 10.5 Å². The van der Waals surface area contributed by atoms with Crippen LogP contribution in [0.4, 0.5) is 0 Å². The lowest BCUT2D eigenvalue weighted by molar-refractivity contribution is 0.0918. The maximum absolute atomic E-state index is 12.1. The fourth-order valence-electron chi connectivity index (χ4n) is 2.41. The maximum Gasteiger partial charge on any atom is 0.273 e. The summed E-state index contributed by atoms with van der Waals surface area (Å²) in [4.78, 5) is 12.1. The Morgan fingerprint density at radius 2 is 2.22 bits per heavy atom. The molecule has 1 amide bonds. The zero-order chi connectivity index (χ0) is 15.5. The molecule has 1 fully saturated rings. The first-order valence-corrected chi connectivity index (χ1v) is 7.41. The predicted octanol–water partition coefficient (Wildman–Crippen LogP) is 1.73. The van der Waals surface area contributed by atoms with Crippen LogP contribution in [0.5, 0.6) is 0 Å². The van der Waals surface area contributed by atoms with E-state index in [9.17, 15) is 9.90 Å². The minimum atomic E-state index is -0.434. The third-order valence-electron chi connectivity index (χ3n) is 3.71. The number of carbonyl (C=O) groups excluding carboxylic acids is 1. The summed E-state index contributed by atoms with van der Waals surface area (Å²) < 4.78 is 5.19. The molecule has 1 aliphatic rings. The SMILES string of the molecule is Cl.O=C(NCC1CNCC1O)c1cc(-c2ccccc2Cl)on1. The zero-order valence-corrected chi connectivity index (χ0v) is 13.7. The molecule has 2 atom stereocenters. The molecule has 6 nitrogen and oxygen atoms in total. The zero-order valence-electron chi connectivity index (χ0n) is 12.2. The number of carbonyl (C=O) groups is 1. The molecule has 124 valence electrons. The molecule has 0 spiro atoms. The number of rotatable bonds is 4. The summed E-state index contributed by atoms with van der Waals surface area (Å²) in [5.74, 6) is 0.123. The molecule has 1 aliphatic heterocycles. The lowest BCUT2D eigenvalue weighted by Crippen LogP contribution is -2.34. The second-order valence-corrected chi connectivity index (χ2v) is 5.66. The van der Waals surface area contributed by atoms with Crippen LogP contribution in [0.2, 0.25) is 5.02 Å². The van der Waals surface area contributed by atoms with Gasteiger partial charge >= 0.3 is 0 Å². The fourth-order valence-corrected chi connectivity index (χ4v) is 2.64. The Balaban J connectivity index is 0.00000192. The van der Waals surface area contributed by atoms with E-state index in [0.29, 0.717) is 36.0 Å². The van der Waals surface area contributed by atoms with Crippen molar-refractivity contribution >= 4 is 29.9 Å². The monoisotopic (exact) mass is 357 g/mol. The number of halogens is 2. The minimum Gasteiger partial charge on any atom is -0.391 e. The van der Waals surface area contributed by atoms with Crippen LogP contribution in [0.15, 0.2) is 34.9 Å². The van der Waals surface area contributed by atoms with E-state index in [0.717, 1.165) is 0 Å². The molecule has 3 N–H and O–H groups in total. The van der Waals surface area contributed by atoms with Gasteiger partial charge in [-0.05, 0) is 12.1 Å². The fraction of sp³-hybridized carbons (Fsp3) is 0.333. The molecule has 2 unspecified atom stereocenters. The standard InChI is InChI=1S/C15H16ClN3O3.ClH/c16-11-4-2-1-3-10(11)14-5-12(19-22-14)15(21)18-7-9-6-17-8-13(9)20;/h1-5,9,13,17,20H,6-8H2,(H,18,21);1H. The first kappa shape index (κ1) is 17.7. The van der Waals surface area contributed by atoms with Crippen LogP contribution >= 0.6 is 24.0 Å². The summed E-state index contributed by atoms with van der Waals surface area (Å²) in [6, 6.07) is 8.74. The van der Waals surface area contributed by atoms with E-state index in [1.807, 2.05) is 12.1 Å². The van der Waals surface area contributed by atoms with Gasteiger partial charge in [-0.1, -0.05) is 28.9 Å². The number of aliphatic hydroxyl groups excluding tert-OH is 1. The summed E-state index contributed by atoms with van der Waals surface area (Å²) in [6.45, 7) is 1.63. The number of β-amino-alcohol motifs (C(OH)–C–C–N with tert-alkyl or cyclic N) is 1. The van der Waals surface area contributed by atoms with Crippen molar-refractivity contribution in [2.24, 2.45) is 5.92 Å². The van der Waals surface area contributed by atoms with Crippen molar-refractivity contribution in [3.63, 3.8) is 0 Å². The molecular formula is C15H17Cl2N3O3. The molecule has 2 heterocycles. The molecule has 3 rings (SSSR count). The van der Waals surface area contributed by atoms with Gasteiger partial charge in [0.15, 0.2) is 11.5 Å². The number of nitrogens with zero attached hydrogens (tertiary/aromatic N) is 1. The van der Waals surface area contributed by atoms with Gasteiger partial charge in [0, 0.05) is 37.2 Å². The van der Waals surface area contributed by atoms with Crippen LogP contribution in [0, 0.1) is 5.92 Å². The molecule has 0 saturated carbocycles. The highest BCUT2D eigenvalue weighted by atomic mass is 35.5. The van der Waals surface area contributed by atoms with Gasteiger partial charge in [0.05, 0.1) is 11.1 Å². The highest BCUT2D eigenvalue weighted by molar-refractivity contribution is 6.33. The molecule has 1 saturated heterocycles. The number of nitrogens with one attached hydrogen (secondary N) is 2. The van der Waals surface area contributed by atoms with Gasteiger partial charge in [-0.2, -0.15) is 0 Å². The van der Waals surface area contributed by atoms with Crippen molar-refractivity contribution < 1.29 is 14.4 Å². The number of aromatic nitrogens is 1. The molecule has 1 aromatic heterocycles. The minimum absolute atomic E-state index is 0. The van der Waals surface area contributed by atoms with Crippen LogP contribution in [0.25, 0.3) is 11.3 Å². The van der Waals surface area contributed by atoms with E-state index in [1.165, 1.54) is 0 Å². The second kappa shape index (κ2) is 7.79. The predicted molar refractivity (Wildman–Crippen MR) is 88.9 cm³/mol. The molecule has 1 aromatic carbocycles. The third kappa shape index (κ3) is 4.03. The van der Waals surface area contributed by atoms with Gasteiger partial charge < -0.3 is 20.3 Å². The molecule has 0 radical (unpaired) electrons. The smallest absolute Gasteiger partial charge is 0.273 e. The molecule has 23 heavy (non-hydrogen) atoms. The van der Waals surface area contributed by atoms with Crippen LogP contribution in [-0.2, 0) is 0 Å². The van der Waals surface area contributed by atoms with Crippen molar-refractivity contribution in [1.82, 2.24) is 15.8 Å². The Morgan fingerprint density at radius 1 is 1.43 bits per heavy atom. The number of aliphatic hydroxyl groups is 1. The van der Waals surface area contributed by atoms with Gasteiger partial charge in [-0.15, -0.1) is 12.4 Å². The molecule has 0 aliphatic carbocycles. The van der Waals surface area contributed by atoms with E-state index in [2.05, 4.69) is 15.8 Å². The Labute approximate surface area is 144 Å². The molecule has 0 bridgehead atoms. The molecule has 2 aromatic rings. The van der Waals surface area contributed by atoms with Crippen LogP contribution in [0.3, 0.4) is 0 Å². The largest absolute Gasteiger partial charge is 0.391 e. The van der Waals surface area contributed by atoms with Gasteiger partial charge in [0.25, 0.3) is 5.91 Å². The van der Waals surface area contributed by atoms with Gasteiger partial charge in [0.1, 0.15) is 0 Å². The highest BCUT2D eigenvalue weighted by Crippen LogP contribution is 2.27. The topological polar surface area (TPSA) is 87.4 Å². The van der Waals surface area contributed by atoms with Crippen LogP contribution in [-0.4, -0.2) is 41.9 Å². The van der Waals surface area contributed by atoms with Crippen LogP contribution < -0.4 is 10.6 Å².